The number of fused-ring (bicyclic) bond motifs is 1. The van der Waals surface area contributed by atoms with Crippen LogP contribution in [0.25, 0.3) is 0 Å². The highest BCUT2D eigenvalue weighted by Crippen LogP contribution is 2.29. The zero-order chi connectivity index (χ0) is 24.2. The van der Waals surface area contributed by atoms with Crippen molar-refractivity contribution in [1.29, 1.82) is 0 Å². The van der Waals surface area contributed by atoms with Gasteiger partial charge in [-0.2, -0.15) is 0 Å². The lowest BCUT2D eigenvalue weighted by Gasteiger charge is -2.29. The number of nitrogens with one attached hydrogen (secondary N) is 1. The smallest absolute Gasteiger partial charge is 0.338 e. The van der Waals surface area contributed by atoms with Gasteiger partial charge in [-0.05, 0) is 68.0 Å². The van der Waals surface area contributed by atoms with Crippen LogP contribution in [0, 0.1) is 5.92 Å². The van der Waals surface area contributed by atoms with E-state index in [0.717, 1.165) is 30.6 Å². The van der Waals surface area contributed by atoms with E-state index >= 15 is 0 Å². The molecular formula is C27H30N2O5. The third-order valence-electron chi connectivity index (χ3n) is 6.77. The van der Waals surface area contributed by atoms with E-state index in [1.165, 1.54) is 6.42 Å². The van der Waals surface area contributed by atoms with Crippen LogP contribution in [0.3, 0.4) is 0 Å². The zero-order valence-corrected chi connectivity index (χ0v) is 19.6. The van der Waals surface area contributed by atoms with Crippen LogP contribution in [-0.2, 0) is 9.53 Å². The summed E-state index contributed by atoms with van der Waals surface area (Å²) in [6, 6.07) is 12.1. The highest BCUT2D eigenvalue weighted by atomic mass is 16.5. The van der Waals surface area contributed by atoms with Gasteiger partial charge in [0, 0.05) is 5.69 Å². The number of hydrogen-bond donors (Lipinski definition) is 1. The Balaban J connectivity index is 1.47. The molecule has 1 N–H and O–H groups in total. The summed E-state index contributed by atoms with van der Waals surface area (Å²) >= 11 is 0. The van der Waals surface area contributed by atoms with E-state index in [2.05, 4.69) is 5.32 Å². The lowest BCUT2D eigenvalue weighted by atomic mass is 9.96. The van der Waals surface area contributed by atoms with Gasteiger partial charge in [0.25, 0.3) is 11.8 Å². The predicted octanol–water partition coefficient (Wildman–Crippen LogP) is 4.83. The SMILES string of the molecule is CCC(C)C(C(=O)Nc1ccc(C(=O)OC2CCCCC2)cc1)N1C(=O)c2ccccc2C1=O. The van der Waals surface area contributed by atoms with Crippen LogP contribution >= 0.6 is 0 Å². The van der Waals surface area contributed by atoms with Crippen molar-refractivity contribution in [2.75, 3.05) is 5.32 Å². The number of ether oxygens (including phenoxy) is 1. The van der Waals surface area contributed by atoms with E-state index in [1.54, 1.807) is 48.5 Å². The maximum Gasteiger partial charge on any atom is 0.338 e. The Bertz CT molecular complexity index is 1050. The fourth-order valence-electron chi connectivity index (χ4n) is 4.62. The summed E-state index contributed by atoms with van der Waals surface area (Å²) in [5, 5.41) is 2.81. The quantitative estimate of drug-likeness (QED) is 0.470. The Hall–Kier alpha value is -3.48. The molecule has 0 aromatic heterocycles. The fraction of sp³-hybridized carbons (Fsp3) is 0.407. The second-order valence-electron chi connectivity index (χ2n) is 9.09. The molecule has 7 nitrogen and oxygen atoms in total. The Kier molecular flexibility index (Phi) is 7.10. The largest absolute Gasteiger partial charge is 0.459 e. The zero-order valence-electron chi connectivity index (χ0n) is 19.6. The summed E-state index contributed by atoms with van der Waals surface area (Å²) in [4.78, 5) is 52.8. The number of carbonyl (C=O) groups is 4. The van der Waals surface area contributed by atoms with Crippen LogP contribution in [0.1, 0.15) is 83.4 Å². The molecule has 178 valence electrons. The van der Waals surface area contributed by atoms with E-state index in [9.17, 15) is 19.2 Å². The maximum atomic E-state index is 13.3. The molecule has 1 aliphatic heterocycles. The van der Waals surface area contributed by atoms with Gasteiger partial charge in [-0.25, -0.2) is 4.79 Å². The van der Waals surface area contributed by atoms with Crippen molar-refractivity contribution in [2.24, 2.45) is 5.92 Å². The monoisotopic (exact) mass is 462 g/mol. The minimum atomic E-state index is -0.951. The number of amides is 3. The van der Waals surface area contributed by atoms with Gasteiger partial charge >= 0.3 is 5.97 Å². The van der Waals surface area contributed by atoms with Crippen molar-refractivity contribution < 1.29 is 23.9 Å². The van der Waals surface area contributed by atoms with E-state index in [0.29, 0.717) is 28.8 Å². The van der Waals surface area contributed by atoms with Gasteiger partial charge in [0.05, 0.1) is 16.7 Å². The topological polar surface area (TPSA) is 92.8 Å². The highest BCUT2D eigenvalue weighted by Gasteiger charge is 2.44. The summed E-state index contributed by atoms with van der Waals surface area (Å²) in [5.74, 6) is -1.97. The molecular weight excluding hydrogens is 432 g/mol. The fourth-order valence-corrected chi connectivity index (χ4v) is 4.62. The molecule has 1 saturated carbocycles. The van der Waals surface area contributed by atoms with Gasteiger partial charge in [-0.3, -0.25) is 19.3 Å². The number of anilines is 1. The minimum Gasteiger partial charge on any atom is -0.459 e. The van der Waals surface area contributed by atoms with Gasteiger partial charge in [-0.1, -0.05) is 38.8 Å². The van der Waals surface area contributed by atoms with Gasteiger partial charge < -0.3 is 10.1 Å². The Morgan fingerprint density at radius 3 is 2.12 bits per heavy atom. The molecule has 4 rings (SSSR count). The Morgan fingerprint density at radius 2 is 1.56 bits per heavy atom. The first-order valence-electron chi connectivity index (χ1n) is 12.0. The average molecular weight is 463 g/mol. The lowest BCUT2D eigenvalue weighted by molar-refractivity contribution is -0.121. The predicted molar refractivity (Wildman–Crippen MR) is 128 cm³/mol. The molecule has 0 saturated heterocycles. The molecule has 0 spiro atoms. The maximum absolute atomic E-state index is 13.3. The van der Waals surface area contributed by atoms with E-state index in [-0.39, 0.29) is 18.0 Å². The van der Waals surface area contributed by atoms with Crippen molar-refractivity contribution in [3.8, 4) is 0 Å². The van der Waals surface area contributed by atoms with Crippen molar-refractivity contribution in [1.82, 2.24) is 4.90 Å². The van der Waals surface area contributed by atoms with Crippen LogP contribution < -0.4 is 5.32 Å². The number of carbonyl (C=O) groups excluding carboxylic acids is 4. The molecule has 0 radical (unpaired) electrons. The molecule has 7 heteroatoms. The Labute approximate surface area is 199 Å². The van der Waals surface area contributed by atoms with Gasteiger partial charge in [-0.15, -0.1) is 0 Å². The molecule has 2 aromatic rings. The van der Waals surface area contributed by atoms with Crippen molar-refractivity contribution in [3.63, 3.8) is 0 Å². The van der Waals surface area contributed by atoms with Crippen LogP contribution in [-0.4, -0.2) is 40.7 Å². The van der Waals surface area contributed by atoms with Crippen molar-refractivity contribution >= 4 is 29.4 Å². The molecule has 34 heavy (non-hydrogen) atoms. The first kappa shape index (κ1) is 23.7. The normalized spacial score (nSPS) is 17.8. The van der Waals surface area contributed by atoms with Crippen LogP contribution in [0.4, 0.5) is 5.69 Å². The molecule has 2 aromatic carbocycles. The second kappa shape index (κ2) is 10.2. The third-order valence-corrected chi connectivity index (χ3v) is 6.77. The lowest BCUT2D eigenvalue weighted by Crippen LogP contribution is -2.50. The molecule has 1 heterocycles. The second-order valence-corrected chi connectivity index (χ2v) is 9.09. The van der Waals surface area contributed by atoms with Crippen LogP contribution in [0.15, 0.2) is 48.5 Å². The molecule has 2 atom stereocenters. The molecule has 0 bridgehead atoms. The molecule has 1 aliphatic carbocycles. The highest BCUT2D eigenvalue weighted by molar-refractivity contribution is 6.23. The van der Waals surface area contributed by atoms with E-state index < -0.39 is 23.8 Å². The average Bonchev–Trinajstić information content (AvgIpc) is 3.10. The van der Waals surface area contributed by atoms with Gasteiger partial charge in [0.15, 0.2) is 0 Å². The van der Waals surface area contributed by atoms with Crippen molar-refractivity contribution in [2.45, 2.75) is 64.5 Å². The summed E-state index contributed by atoms with van der Waals surface area (Å²) in [5.41, 5.74) is 1.52. The molecule has 2 unspecified atom stereocenters. The Morgan fingerprint density at radius 1 is 0.971 bits per heavy atom. The number of hydrogen-bond acceptors (Lipinski definition) is 5. The standard InChI is InChI=1S/C27H30N2O5/c1-3-17(2)23(29-25(31)21-11-7-8-12-22(21)26(29)32)24(30)28-19-15-13-18(14-16-19)27(33)34-20-9-5-4-6-10-20/h7-8,11-17,20,23H,3-6,9-10H2,1-2H3,(H,28,30). The van der Waals surface area contributed by atoms with E-state index in [1.807, 2.05) is 13.8 Å². The van der Waals surface area contributed by atoms with Gasteiger partial charge in [0.2, 0.25) is 5.91 Å². The van der Waals surface area contributed by atoms with Gasteiger partial charge in [0.1, 0.15) is 12.1 Å². The third kappa shape index (κ3) is 4.74. The molecule has 3 amide bonds. The summed E-state index contributed by atoms with van der Waals surface area (Å²) in [6.45, 7) is 3.76. The first-order chi connectivity index (χ1) is 16.4. The number of nitrogens with zero attached hydrogens (tertiary/aromatic N) is 1. The van der Waals surface area contributed by atoms with Crippen molar-refractivity contribution in [3.05, 3.63) is 65.2 Å². The minimum absolute atomic E-state index is 0.0309. The first-order valence-corrected chi connectivity index (χ1v) is 12.0. The number of imide groups is 1. The van der Waals surface area contributed by atoms with Crippen LogP contribution in [0.5, 0.6) is 0 Å². The number of benzene rings is 2. The molecule has 2 aliphatic rings. The summed E-state index contributed by atoms with van der Waals surface area (Å²) in [7, 11) is 0. The molecule has 1 fully saturated rings. The number of rotatable bonds is 7. The van der Waals surface area contributed by atoms with Crippen LogP contribution in [0.2, 0.25) is 0 Å². The number of esters is 1. The summed E-state index contributed by atoms with van der Waals surface area (Å²) in [6.07, 6.45) is 5.71. The summed E-state index contributed by atoms with van der Waals surface area (Å²) < 4.78 is 5.60. The van der Waals surface area contributed by atoms with E-state index in [4.69, 9.17) is 4.74 Å².